The molecule has 0 fully saturated rings. The van der Waals surface area contributed by atoms with Crippen molar-refractivity contribution < 1.29 is 4.57 Å². The lowest BCUT2D eigenvalue weighted by Gasteiger charge is -2.23. The standard InChI is InChI=1S/C51H39N4OP/c1-32-26-28-53-31-43(32)51-49-34(3)47-42-25-22-36(35-20-23-40(24-21-35)57(56,38-14-6-4-7-15-38)39-16-8-5-9-17-39)29-45(42)55-50(37-13-12-27-52-30-37)48(47)33(2)46(49)41-18-10-11-19-44(41)54-51/h4-25,27-32H,26H2,1-3H3. The van der Waals surface area contributed by atoms with Crippen molar-refractivity contribution in [3.63, 3.8) is 0 Å². The maximum absolute atomic E-state index is 15.1. The van der Waals surface area contributed by atoms with Crippen molar-refractivity contribution in [2.24, 2.45) is 10.9 Å². The molecular weight excluding hydrogens is 716 g/mol. The van der Waals surface area contributed by atoms with Crippen molar-refractivity contribution in [2.45, 2.75) is 27.2 Å². The smallest absolute Gasteiger partial charge is 0.171 e. The zero-order valence-corrected chi connectivity index (χ0v) is 32.9. The summed E-state index contributed by atoms with van der Waals surface area (Å²) in [4.78, 5) is 20.0. The highest BCUT2D eigenvalue weighted by Gasteiger charge is 2.30. The molecule has 0 saturated carbocycles. The molecule has 1 atom stereocenters. The third kappa shape index (κ3) is 5.64. The molecule has 0 bridgehead atoms. The SMILES string of the molecule is Cc1c2c(-c3cccnc3)nc3cc(-c4ccc(P(=O)(c5ccccc5)c5ccccc5)cc4)ccc3c2c(C)c2c(C3=CN=CCC3C)nc3ccccc3c12. The average molecular weight is 755 g/mol. The Morgan fingerprint density at radius 1 is 0.561 bits per heavy atom. The normalized spacial score (nSPS) is 14.4. The van der Waals surface area contributed by atoms with Gasteiger partial charge in [-0.3, -0.25) is 9.98 Å². The highest BCUT2D eigenvalue weighted by molar-refractivity contribution is 7.85. The number of pyridine rings is 3. The van der Waals surface area contributed by atoms with Gasteiger partial charge < -0.3 is 4.57 Å². The Labute approximate surface area is 331 Å². The minimum Gasteiger partial charge on any atom is -0.309 e. The Balaban J connectivity index is 1.22. The Morgan fingerprint density at radius 3 is 1.82 bits per heavy atom. The van der Waals surface area contributed by atoms with E-state index in [1.807, 2.05) is 104 Å². The van der Waals surface area contributed by atoms with Crippen LogP contribution in [0.1, 0.15) is 30.2 Å². The molecule has 6 heteroatoms. The molecular formula is C51H39N4OP. The van der Waals surface area contributed by atoms with Crippen LogP contribution in [0.4, 0.5) is 0 Å². The first-order chi connectivity index (χ1) is 27.9. The number of aryl methyl sites for hydroxylation is 2. The first kappa shape index (κ1) is 34.9. The number of aromatic nitrogens is 3. The maximum Gasteiger partial charge on any atom is 0.171 e. The number of aliphatic imine (C=N–C) groups is 1. The number of para-hydroxylation sites is 1. The maximum atomic E-state index is 15.1. The second kappa shape index (κ2) is 13.9. The zero-order chi connectivity index (χ0) is 38.7. The molecule has 9 aromatic rings. The Hall–Kier alpha value is -6.55. The van der Waals surface area contributed by atoms with E-state index in [0.717, 1.165) is 83.2 Å². The molecule has 10 rings (SSSR count). The van der Waals surface area contributed by atoms with Crippen LogP contribution in [0.25, 0.3) is 71.3 Å². The van der Waals surface area contributed by atoms with E-state index in [1.54, 1.807) is 0 Å². The number of nitrogens with zero attached hydrogens (tertiary/aromatic N) is 4. The number of hydrogen-bond donors (Lipinski definition) is 0. The minimum absolute atomic E-state index is 0.290. The molecule has 0 saturated heterocycles. The van der Waals surface area contributed by atoms with Gasteiger partial charge in [0.2, 0.25) is 0 Å². The minimum atomic E-state index is -3.09. The van der Waals surface area contributed by atoms with Gasteiger partial charge in [-0.15, -0.1) is 0 Å². The van der Waals surface area contributed by atoms with Crippen molar-refractivity contribution >= 4 is 78.2 Å². The number of allylic oxidation sites excluding steroid dienone is 1. The Morgan fingerprint density at radius 2 is 1.16 bits per heavy atom. The third-order valence-corrected chi connectivity index (χ3v) is 14.8. The molecule has 0 N–H and O–H groups in total. The number of rotatable bonds is 6. The van der Waals surface area contributed by atoms with E-state index >= 15 is 4.57 Å². The molecule has 0 spiro atoms. The van der Waals surface area contributed by atoms with Crippen LogP contribution in [-0.4, -0.2) is 21.2 Å². The van der Waals surface area contributed by atoms with Crippen molar-refractivity contribution in [1.29, 1.82) is 0 Å². The van der Waals surface area contributed by atoms with E-state index < -0.39 is 7.14 Å². The molecule has 0 amide bonds. The lowest BCUT2D eigenvalue weighted by Crippen LogP contribution is -2.24. The van der Waals surface area contributed by atoms with Crippen LogP contribution in [-0.2, 0) is 4.57 Å². The molecule has 4 heterocycles. The van der Waals surface area contributed by atoms with Crippen LogP contribution in [0.15, 0.2) is 163 Å². The quantitative estimate of drug-likeness (QED) is 0.0963. The van der Waals surface area contributed by atoms with Gasteiger partial charge in [-0.2, -0.15) is 0 Å². The van der Waals surface area contributed by atoms with E-state index in [-0.39, 0.29) is 5.92 Å². The zero-order valence-electron chi connectivity index (χ0n) is 32.0. The van der Waals surface area contributed by atoms with Crippen LogP contribution in [0.5, 0.6) is 0 Å². The predicted octanol–water partition coefficient (Wildman–Crippen LogP) is 11.5. The van der Waals surface area contributed by atoms with E-state index in [0.29, 0.717) is 0 Å². The van der Waals surface area contributed by atoms with Gasteiger partial charge in [-0.25, -0.2) is 9.97 Å². The van der Waals surface area contributed by atoms with Gasteiger partial charge in [0.05, 0.1) is 22.4 Å². The monoisotopic (exact) mass is 754 g/mol. The second-order valence-electron chi connectivity index (χ2n) is 15.0. The fourth-order valence-electron chi connectivity index (χ4n) is 8.82. The highest BCUT2D eigenvalue weighted by Crippen LogP contribution is 2.47. The Kier molecular flexibility index (Phi) is 8.50. The van der Waals surface area contributed by atoms with E-state index in [1.165, 1.54) is 27.3 Å². The van der Waals surface area contributed by atoms with Gasteiger partial charge in [0.1, 0.15) is 0 Å². The van der Waals surface area contributed by atoms with Gasteiger partial charge in [0, 0.05) is 67.8 Å². The van der Waals surface area contributed by atoms with Crippen molar-refractivity contribution in [3.8, 4) is 22.4 Å². The lowest BCUT2D eigenvalue weighted by molar-refractivity contribution is 0.592. The Bertz CT molecular complexity index is 3100. The molecule has 57 heavy (non-hydrogen) atoms. The fourth-order valence-corrected chi connectivity index (χ4v) is 11.5. The van der Waals surface area contributed by atoms with Crippen LogP contribution in [0, 0.1) is 19.8 Å². The molecule has 1 aliphatic heterocycles. The van der Waals surface area contributed by atoms with Crippen LogP contribution in [0.2, 0.25) is 0 Å². The number of benzene rings is 6. The highest BCUT2D eigenvalue weighted by atomic mass is 31.2. The molecule has 5 nitrogen and oxygen atoms in total. The molecule has 3 aromatic heterocycles. The summed E-state index contributed by atoms with van der Waals surface area (Å²) >= 11 is 0. The summed E-state index contributed by atoms with van der Waals surface area (Å²) in [5.41, 5.74) is 10.3. The summed E-state index contributed by atoms with van der Waals surface area (Å²) in [6.45, 7) is 6.75. The van der Waals surface area contributed by atoms with Gasteiger partial charge in [0.15, 0.2) is 7.14 Å². The van der Waals surface area contributed by atoms with Gasteiger partial charge in [0.25, 0.3) is 0 Å². The summed E-state index contributed by atoms with van der Waals surface area (Å²) in [5, 5.41) is 9.32. The fraction of sp³-hybridized carbons (Fsp3) is 0.0980. The van der Waals surface area contributed by atoms with Gasteiger partial charge >= 0.3 is 0 Å². The third-order valence-electron chi connectivity index (χ3n) is 11.7. The lowest BCUT2D eigenvalue weighted by atomic mass is 9.84. The molecule has 1 unspecified atom stereocenters. The largest absolute Gasteiger partial charge is 0.309 e. The second-order valence-corrected chi connectivity index (χ2v) is 17.8. The van der Waals surface area contributed by atoms with E-state index in [4.69, 9.17) is 9.97 Å². The predicted molar refractivity (Wildman–Crippen MR) is 240 cm³/mol. The van der Waals surface area contributed by atoms with Gasteiger partial charge in [-0.05, 0) is 89.1 Å². The van der Waals surface area contributed by atoms with Gasteiger partial charge in [-0.1, -0.05) is 122 Å². The first-order valence-electron chi connectivity index (χ1n) is 19.5. The molecule has 0 radical (unpaired) electrons. The molecule has 6 aromatic carbocycles. The average Bonchev–Trinajstić information content (AvgIpc) is 3.27. The summed E-state index contributed by atoms with van der Waals surface area (Å²) in [7, 11) is -3.09. The topological polar surface area (TPSA) is 68.1 Å². The summed E-state index contributed by atoms with van der Waals surface area (Å²) in [6.07, 6.45) is 8.61. The van der Waals surface area contributed by atoms with Crippen LogP contribution >= 0.6 is 7.14 Å². The van der Waals surface area contributed by atoms with E-state index in [2.05, 4.69) is 91.4 Å². The van der Waals surface area contributed by atoms with Crippen molar-refractivity contribution in [3.05, 3.63) is 175 Å². The molecule has 0 aliphatic carbocycles. The van der Waals surface area contributed by atoms with Crippen molar-refractivity contribution in [1.82, 2.24) is 15.0 Å². The number of hydrogen-bond acceptors (Lipinski definition) is 5. The molecule has 1 aliphatic rings. The first-order valence-corrected chi connectivity index (χ1v) is 21.2. The molecule has 274 valence electrons. The summed E-state index contributed by atoms with van der Waals surface area (Å²) in [6, 6.07) is 47.0. The summed E-state index contributed by atoms with van der Waals surface area (Å²) in [5.74, 6) is 0.290. The number of fused-ring (bicyclic) bond motifs is 6. The van der Waals surface area contributed by atoms with Crippen molar-refractivity contribution in [2.75, 3.05) is 0 Å². The van der Waals surface area contributed by atoms with Crippen LogP contribution in [0.3, 0.4) is 0 Å². The summed E-state index contributed by atoms with van der Waals surface area (Å²) < 4.78 is 15.1. The van der Waals surface area contributed by atoms with Crippen LogP contribution < -0.4 is 15.9 Å². The van der Waals surface area contributed by atoms with E-state index in [9.17, 15) is 0 Å².